The Bertz CT molecular complexity index is 745. The van der Waals surface area contributed by atoms with E-state index in [9.17, 15) is 14.4 Å². The summed E-state index contributed by atoms with van der Waals surface area (Å²) in [5.74, 6) is 0.551. The van der Waals surface area contributed by atoms with Crippen LogP contribution in [0, 0.1) is 34.5 Å². The number of rotatable bonds is 1. The third-order valence-corrected chi connectivity index (χ3v) is 8.63. The molecule has 4 fully saturated rings. The molecule has 0 aliphatic heterocycles. The topological polar surface area (TPSA) is 60.4 Å². The maximum absolute atomic E-state index is 13.7. The largest absolute Gasteiger partial charge is 0.462 e. The van der Waals surface area contributed by atoms with Gasteiger partial charge in [-0.1, -0.05) is 19.4 Å². The Morgan fingerprint density at radius 2 is 1.63 bits per heavy atom. The van der Waals surface area contributed by atoms with E-state index in [1.54, 1.807) is 0 Å². The number of Topliss-reactive ketones (excluding diaryl/α,β-unsaturated/α-hetero) is 2. The van der Waals surface area contributed by atoms with Gasteiger partial charge in [-0.25, -0.2) is 0 Å². The molecule has 4 aliphatic rings. The van der Waals surface area contributed by atoms with Gasteiger partial charge in [-0.3, -0.25) is 14.4 Å². The molecule has 0 heterocycles. The van der Waals surface area contributed by atoms with E-state index in [0.29, 0.717) is 6.42 Å². The lowest BCUT2D eigenvalue weighted by Gasteiger charge is -2.56. The molecule has 7 unspecified atom stereocenters. The molecule has 4 saturated carbocycles. The maximum atomic E-state index is 13.7. The van der Waals surface area contributed by atoms with Crippen LogP contribution in [0.2, 0.25) is 0 Å². The highest BCUT2D eigenvalue weighted by Crippen LogP contribution is 2.67. The summed E-state index contributed by atoms with van der Waals surface area (Å²) in [6.07, 6.45) is 5.14. The fourth-order valence-electron chi connectivity index (χ4n) is 7.39. The highest BCUT2D eigenvalue weighted by atomic mass is 16.5. The van der Waals surface area contributed by atoms with Crippen LogP contribution in [0.1, 0.15) is 73.1 Å². The van der Waals surface area contributed by atoms with Gasteiger partial charge in [0.1, 0.15) is 11.9 Å². The molecule has 0 N–H and O–H groups in total. The zero-order valence-electron chi connectivity index (χ0n) is 17.3. The number of ketones is 2. The number of carbonyl (C=O) groups excluding carboxylic acids is 3. The quantitative estimate of drug-likeness (QED) is 0.509. The van der Waals surface area contributed by atoms with E-state index in [0.717, 1.165) is 43.3 Å². The summed E-state index contributed by atoms with van der Waals surface area (Å²) < 4.78 is 5.69. The predicted octanol–water partition coefficient (Wildman–Crippen LogP) is 4.27. The zero-order valence-corrected chi connectivity index (χ0v) is 17.3. The first-order valence-corrected chi connectivity index (χ1v) is 10.5. The van der Waals surface area contributed by atoms with Gasteiger partial charge in [-0.05, 0) is 63.2 Å². The Kier molecular flexibility index (Phi) is 4.21. The second kappa shape index (κ2) is 6.02. The fourth-order valence-corrected chi connectivity index (χ4v) is 7.39. The smallest absolute Gasteiger partial charge is 0.302 e. The summed E-state index contributed by atoms with van der Waals surface area (Å²) in [7, 11) is 0. The SMILES string of the molecule is CC(=O)OC1CCC2C3C(=O)C(=C(C)C)C4C(=O)CCC4(C)C3CCC12C. The first kappa shape index (κ1) is 18.9. The van der Waals surface area contributed by atoms with Crippen LogP contribution in [0.4, 0.5) is 0 Å². The number of ether oxygens (including phenoxy) is 1. The first-order chi connectivity index (χ1) is 12.6. The Balaban J connectivity index is 1.78. The molecular formula is C23H32O4. The van der Waals surface area contributed by atoms with Gasteiger partial charge in [0.2, 0.25) is 0 Å². The zero-order chi connectivity index (χ0) is 19.7. The van der Waals surface area contributed by atoms with Crippen molar-refractivity contribution < 1.29 is 19.1 Å². The lowest BCUT2D eigenvalue weighted by Crippen LogP contribution is -2.56. The first-order valence-electron chi connectivity index (χ1n) is 10.5. The summed E-state index contributed by atoms with van der Waals surface area (Å²) in [5.41, 5.74) is 1.60. The van der Waals surface area contributed by atoms with E-state index in [1.165, 1.54) is 6.92 Å². The molecule has 4 nitrogen and oxygen atoms in total. The fraction of sp³-hybridized carbons (Fsp3) is 0.783. The van der Waals surface area contributed by atoms with Crippen molar-refractivity contribution in [3.8, 4) is 0 Å². The van der Waals surface area contributed by atoms with Crippen molar-refractivity contribution in [3.63, 3.8) is 0 Å². The molecular weight excluding hydrogens is 340 g/mol. The second-order valence-electron chi connectivity index (χ2n) is 10.1. The number of allylic oxidation sites excluding steroid dienone is 2. The van der Waals surface area contributed by atoms with Gasteiger partial charge in [-0.2, -0.15) is 0 Å². The summed E-state index contributed by atoms with van der Waals surface area (Å²) in [6.45, 7) is 9.93. The second-order valence-corrected chi connectivity index (χ2v) is 10.1. The average molecular weight is 373 g/mol. The lowest BCUT2D eigenvalue weighted by atomic mass is 9.46. The highest BCUT2D eigenvalue weighted by molar-refractivity contribution is 6.06. The van der Waals surface area contributed by atoms with E-state index in [2.05, 4.69) is 13.8 Å². The van der Waals surface area contributed by atoms with Crippen molar-refractivity contribution in [2.75, 3.05) is 0 Å². The van der Waals surface area contributed by atoms with Crippen molar-refractivity contribution in [1.82, 2.24) is 0 Å². The van der Waals surface area contributed by atoms with E-state index >= 15 is 0 Å². The van der Waals surface area contributed by atoms with Crippen LogP contribution in [0.5, 0.6) is 0 Å². The summed E-state index contributed by atoms with van der Waals surface area (Å²) in [4.78, 5) is 38.1. The van der Waals surface area contributed by atoms with Gasteiger partial charge in [0.15, 0.2) is 5.78 Å². The van der Waals surface area contributed by atoms with E-state index < -0.39 is 0 Å². The Labute approximate surface area is 162 Å². The third-order valence-electron chi connectivity index (χ3n) is 8.63. The molecule has 0 amide bonds. The standard InChI is InChI=1S/C23H32O4/c1-12(2)18-20-16(25)9-11-23(20,5)15-8-10-22(4)14(19(15)21(18)26)6-7-17(22)27-13(3)24/h14-15,17,19-20H,6-11H2,1-5H3. The van der Waals surface area contributed by atoms with Gasteiger partial charge in [0, 0.05) is 30.3 Å². The van der Waals surface area contributed by atoms with E-state index in [-0.39, 0.29) is 58.1 Å². The molecule has 4 rings (SSSR count). The van der Waals surface area contributed by atoms with Gasteiger partial charge in [0.25, 0.3) is 0 Å². The van der Waals surface area contributed by atoms with Gasteiger partial charge < -0.3 is 4.74 Å². The third kappa shape index (κ3) is 2.44. The number of esters is 1. The van der Waals surface area contributed by atoms with Crippen molar-refractivity contribution in [2.24, 2.45) is 34.5 Å². The van der Waals surface area contributed by atoms with Gasteiger partial charge in [0.05, 0.1) is 5.92 Å². The molecule has 0 spiro atoms. The number of hydrogen-bond donors (Lipinski definition) is 0. The molecule has 0 saturated heterocycles. The van der Waals surface area contributed by atoms with Crippen LogP contribution in [-0.2, 0) is 19.1 Å². The average Bonchev–Trinajstić information content (AvgIpc) is 3.06. The van der Waals surface area contributed by atoms with Crippen molar-refractivity contribution in [1.29, 1.82) is 0 Å². The molecule has 0 aromatic rings. The summed E-state index contributed by atoms with van der Waals surface area (Å²) in [6, 6.07) is 0. The van der Waals surface area contributed by atoms with Crippen molar-refractivity contribution >= 4 is 17.5 Å². The number of fused-ring (bicyclic) bond motifs is 5. The van der Waals surface area contributed by atoms with Crippen LogP contribution in [0.15, 0.2) is 11.1 Å². The molecule has 0 aromatic heterocycles. The minimum atomic E-state index is -0.225. The predicted molar refractivity (Wildman–Crippen MR) is 102 cm³/mol. The van der Waals surface area contributed by atoms with E-state index in [1.807, 2.05) is 13.8 Å². The van der Waals surface area contributed by atoms with Crippen LogP contribution in [-0.4, -0.2) is 23.6 Å². The maximum Gasteiger partial charge on any atom is 0.302 e. The van der Waals surface area contributed by atoms with Gasteiger partial charge in [-0.15, -0.1) is 0 Å². The molecule has 4 aliphatic carbocycles. The normalized spacial score (nSPS) is 46.0. The monoisotopic (exact) mass is 372 g/mol. The molecule has 7 atom stereocenters. The van der Waals surface area contributed by atoms with Crippen molar-refractivity contribution in [2.45, 2.75) is 79.2 Å². The molecule has 27 heavy (non-hydrogen) atoms. The van der Waals surface area contributed by atoms with Crippen molar-refractivity contribution in [3.05, 3.63) is 11.1 Å². The molecule has 148 valence electrons. The van der Waals surface area contributed by atoms with Crippen LogP contribution >= 0.6 is 0 Å². The Morgan fingerprint density at radius 1 is 0.963 bits per heavy atom. The van der Waals surface area contributed by atoms with Crippen LogP contribution in [0.25, 0.3) is 0 Å². The highest BCUT2D eigenvalue weighted by Gasteiger charge is 2.66. The lowest BCUT2D eigenvalue weighted by molar-refractivity contribution is -0.161. The van der Waals surface area contributed by atoms with E-state index in [4.69, 9.17) is 4.74 Å². The number of hydrogen-bond acceptors (Lipinski definition) is 4. The number of carbonyl (C=O) groups is 3. The van der Waals surface area contributed by atoms with Crippen LogP contribution < -0.4 is 0 Å². The molecule has 0 radical (unpaired) electrons. The molecule has 0 aromatic carbocycles. The Morgan fingerprint density at radius 3 is 2.26 bits per heavy atom. The van der Waals surface area contributed by atoms with Gasteiger partial charge >= 0.3 is 5.97 Å². The minimum Gasteiger partial charge on any atom is -0.462 e. The van der Waals surface area contributed by atoms with Crippen LogP contribution in [0.3, 0.4) is 0 Å². The summed E-state index contributed by atoms with van der Waals surface area (Å²) in [5, 5.41) is 0. The minimum absolute atomic E-state index is 0.0265. The Hall–Kier alpha value is -1.45. The molecule has 0 bridgehead atoms. The summed E-state index contributed by atoms with van der Waals surface area (Å²) >= 11 is 0. The molecule has 4 heteroatoms.